The van der Waals surface area contributed by atoms with Crippen molar-refractivity contribution < 1.29 is 18.0 Å². The summed E-state index contributed by atoms with van der Waals surface area (Å²) in [5.41, 5.74) is 1.60. The lowest BCUT2D eigenvalue weighted by molar-refractivity contribution is -0.138. The van der Waals surface area contributed by atoms with Gasteiger partial charge in [0.2, 0.25) is 11.9 Å². The predicted molar refractivity (Wildman–Crippen MR) is 160 cm³/mol. The van der Waals surface area contributed by atoms with Crippen LogP contribution in [0.2, 0.25) is 0 Å². The molecule has 4 aromatic rings. The van der Waals surface area contributed by atoms with Crippen LogP contribution in [0.25, 0.3) is 11.9 Å². The normalized spacial score (nSPS) is 18.5. The van der Waals surface area contributed by atoms with E-state index in [1.807, 2.05) is 19.9 Å². The Hall–Kier alpha value is -4.07. The van der Waals surface area contributed by atoms with Crippen LogP contribution < -0.4 is 10.5 Å². The number of hydrogen-bond donors (Lipinski definition) is 0. The van der Waals surface area contributed by atoms with Crippen LogP contribution >= 0.6 is 15.9 Å². The minimum atomic E-state index is -4.64. The molecule has 1 fully saturated rings. The molecule has 0 radical (unpaired) electrons. The predicted octanol–water partition coefficient (Wildman–Crippen LogP) is 5.04. The van der Waals surface area contributed by atoms with Gasteiger partial charge in [-0.05, 0) is 63.8 Å². The lowest BCUT2D eigenvalue weighted by atomic mass is 9.98. The molecule has 0 aliphatic carbocycles. The number of benzene rings is 1. The van der Waals surface area contributed by atoms with Crippen molar-refractivity contribution in [1.82, 2.24) is 34.2 Å². The molecule has 2 aliphatic rings. The van der Waals surface area contributed by atoms with Gasteiger partial charge < -0.3 is 9.80 Å². The average molecular weight is 672 g/mol. The zero-order chi connectivity index (χ0) is 31.5. The molecule has 1 saturated heterocycles. The number of anilines is 1. The Bertz CT molecular complexity index is 1820. The van der Waals surface area contributed by atoms with Crippen LogP contribution in [-0.2, 0) is 19.1 Å². The molecule has 6 rings (SSSR count). The van der Waals surface area contributed by atoms with Crippen molar-refractivity contribution in [1.29, 1.82) is 0 Å². The quantitative estimate of drug-likeness (QED) is 0.300. The van der Waals surface area contributed by atoms with Crippen LogP contribution in [-0.4, -0.2) is 59.2 Å². The molecule has 0 spiro atoms. The van der Waals surface area contributed by atoms with Gasteiger partial charge >= 0.3 is 6.18 Å². The van der Waals surface area contributed by atoms with Crippen molar-refractivity contribution in [2.45, 2.75) is 59.3 Å². The molecule has 1 unspecified atom stereocenters. The molecule has 3 aromatic heterocycles. The van der Waals surface area contributed by atoms with Gasteiger partial charge in [-0.3, -0.25) is 9.59 Å². The number of carbonyl (C=O) groups excluding carboxylic acids is 1. The highest BCUT2D eigenvalue weighted by Crippen LogP contribution is 2.36. The number of aromatic nitrogens is 6. The van der Waals surface area contributed by atoms with Gasteiger partial charge in [0.25, 0.3) is 11.5 Å². The number of fused-ring (bicyclic) bond motifs is 1. The largest absolute Gasteiger partial charge is 0.417 e. The number of nitrogens with zero attached hydrogens (tertiary/aromatic N) is 8. The summed E-state index contributed by atoms with van der Waals surface area (Å²) in [6.45, 7) is 9.35. The molecular weight excluding hydrogens is 641 g/mol. The molecule has 14 heteroatoms. The first-order valence-electron chi connectivity index (χ1n) is 14.3. The van der Waals surface area contributed by atoms with Crippen molar-refractivity contribution in [3.05, 3.63) is 85.3 Å². The fraction of sp³-hybridized carbons (Fsp3) is 0.400. The third-order valence-electron chi connectivity index (χ3n) is 8.19. The molecular formula is C30H30BrF3N8O2. The van der Waals surface area contributed by atoms with Gasteiger partial charge in [-0.2, -0.15) is 18.3 Å². The number of amides is 1. The number of hydrogen-bond acceptors (Lipinski definition) is 7. The second kappa shape index (κ2) is 11.1. The summed E-state index contributed by atoms with van der Waals surface area (Å²) in [5, 5.41) is 4.54. The molecule has 230 valence electrons. The molecule has 0 bridgehead atoms. The zero-order valence-electron chi connectivity index (χ0n) is 24.6. The summed E-state index contributed by atoms with van der Waals surface area (Å²) < 4.78 is 43.4. The smallest absolute Gasteiger partial charge is 0.369 e. The highest BCUT2D eigenvalue weighted by atomic mass is 79.9. The van der Waals surface area contributed by atoms with Crippen LogP contribution in [0, 0.1) is 19.8 Å². The summed E-state index contributed by atoms with van der Waals surface area (Å²) >= 11 is 2.93. The Balaban J connectivity index is 1.42. The molecule has 0 saturated carbocycles. The van der Waals surface area contributed by atoms with Gasteiger partial charge in [0, 0.05) is 40.4 Å². The minimum absolute atomic E-state index is 0.0674. The maximum Gasteiger partial charge on any atom is 0.417 e. The Morgan fingerprint density at radius 1 is 1.09 bits per heavy atom. The van der Waals surface area contributed by atoms with Crippen molar-refractivity contribution >= 4 is 27.5 Å². The highest BCUT2D eigenvalue weighted by Gasteiger charge is 2.36. The topological polar surface area (TPSA) is 102 Å². The van der Waals surface area contributed by atoms with Gasteiger partial charge in [0.15, 0.2) is 0 Å². The van der Waals surface area contributed by atoms with Crippen molar-refractivity contribution in [2.24, 2.45) is 5.92 Å². The molecule has 1 amide bonds. The molecule has 10 nitrogen and oxygen atoms in total. The summed E-state index contributed by atoms with van der Waals surface area (Å²) in [6.07, 6.45) is 0.00280. The van der Waals surface area contributed by atoms with E-state index >= 15 is 0 Å². The van der Waals surface area contributed by atoms with E-state index in [1.165, 1.54) is 26.3 Å². The SMILES string of the molecule is Cc1cc(C)n(-c2nc3c(c(=O)n2-c2ncc(N4CC[C@@H](C)C4)cn2)CC(C)N(C(=O)c2ccc(Br)c(C(F)(F)F)c2)C3)n1. The second-order valence-electron chi connectivity index (χ2n) is 11.6. The van der Waals surface area contributed by atoms with E-state index in [4.69, 9.17) is 4.98 Å². The average Bonchev–Trinajstić information content (AvgIpc) is 3.56. The fourth-order valence-electron chi connectivity index (χ4n) is 5.88. The Kier molecular flexibility index (Phi) is 7.58. The van der Waals surface area contributed by atoms with Gasteiger partial charge in [-0.25, -0.2) is 24.2 Å². The van der Waals surface area contributed by atoms with E-state index < -0.39 is 23.7 Å². The van der Waals surface area contributed by atoms with Gasteiger partial charge in [0.05, 0.1) is 41.6 Å². The van der Waals surface area contributed by atoms with Crippen LogP contribution in [0.5, 0.6) is 0 Å². The monoisotopic (exact) mass is 670 g/mol. The molecule has 0 N–H and O–H groups in total. The Morgan fingerprint density at radius 2 is 1.82 bits per heavy atom. The molecule has 5 heterocycles. The van der Waals surface area contributed by atoms with E-state index in [0.29, 0.717) is 22.9 Å². The number of alkyl halides is 3. The van der Waals surface area contributed by atoms with Gasteiger partial charge in [-0.15, -0.1) is 0 Å². The molecule has 2 atom stereocenters. The second-order valence-corrected chi connectivity index (χ2v) is 12.4. The van der Waals surface area contributed by atoms with Crippen LogP contribution in [0.4, 0.5) is 18.9 Å². The van der Waals surface area contributed by atoms with E-state index in [1.54, 1.807) is 19.3 Å². The van der Waals surface area contributed by atoms with Crippen molar-refractivity contribution in [3.8, 4) is 11.9 Å². The van der Waals surface area contributed by atoms with E-state index in [9.17, 15) is 22.8 Å². The third-order valence-corrected chi connectivity index (χ3v) is 8.88. The van der Waals surface area contributed by atoms with Gasteiger partial charge in [-0.1, -0.05) is 22.9 Å². The standard InChI is InChI=1S/C30H30BrF3N8O2/c1-16-7-8-39(14-16)21-12-35-28(36-13-21)41-27(44)22-10-18(3)40(15-25(22)37-29(41)42-19(4)9-17(2)38-42)26(43)20-5-6-24(31)23(11-20)30(32,33)34/h5-6,9,11-13,16,18H,7-8,10,14-15H2,1-4H3/t16-,18?/m1/s1. The zero-order valence-corrected chi connectivity index (χ0v) is 26.1. The number of carbonyl (C=O) groups is 1. The first kappa shape index (κ1) is 30.0. The number of aryl methyl sites for hydroxylation is 2. The van der Waals surface area contributed by atoms with E-state index in [0.717, 1.165) is 37.0 Å². The summed E-state index contributed by atoms with van der Waals surface area (Å²) in [6, 6.07) is 4.76. The van der Waals surface area contributed by atoms with Crippen molar-refractivity contribution in [3.63, 3.8) is 0 Å². The summed E-state index contributed by atoms with van der Waals surface area (Å²) in [7, 11) is 0. The minimum Gasteiger partial charge on any atom is -0.369 e. The van der Waals surface area contributed by atoms with E-state index in [-0.39, 0.29) is 40.5 Å². The Labute approximate surface area is 259 Å². The molecule has 2 aliphatic heterocycles. The molecule has 44 heavy (non-hydrogen) atoms. The molecule has 1 aromatic carbocycles. The summed E-state index contributed by atoms with van der Waals surface area (Å²) in [4.78, 5) is 45.3. The lowest BCUT2D eigenvalue weighted by Gasteiger charge is -2.34. The van der Waals surface area contributed by atoms with Crippen molar-refractivity contribution in [2.75, 3.05) is 18.0 Å². The Morgan fingerprint density at radius 3 is 2.43 bits per heavy atom. The first-order chi connectivity index (χ1) is 20.8. The van der Waals surface area contributed by atoms with E-state index in [2.05, 4.69) is 42.8 Å². The van der Waals surface area contributed by atoms with Gasteiger partial charge in [0.1, 0.15) is 0 Å². The third kappa shape index (κ3) is 5.39. The maximum atomic E-state index is 14.2. The van der Waals surface area contributed by atoms with Crippen LogP contribution in [0.15, 0.2) is 45.9 Å². The first-order valence-corrected chi connectivity index (χ1v) is 15.0. The lowest BCUT2D eigenvalue weighted by Crippen LogP contribution is -2.46. The van der Waals surface area contributed by atoms with Crippen LogP contribution in [0.1, 0.15) is 58.8 Å². The summed E-state index contributed by atoms with van der Waals surface area (Å²) in [5.74, 6) is 0.287. The maximum absolute atomic E-state index is 14.2. The number of halogens is 4. The highest BCUT2D eigenvalue weighted by molar-refractivity contribution is 9.10. The fourth-order valence-corrected chi connectivity index (χ4v) is 6.35. The van der Waals surface area contributed by atoms with Crippen LogP contribution in [0.3, 0.4) is 0 Å². The number of rotatable bonds is 4.